The average molecular weight is 252 g/mol. The maximum absolute atomic E-state index is 13.5. The van der Waals surface area contributed by atoms with Gasteiger partial charge < -0.3 is 0 Å². The van der Waals surface area contributed by atoms with E-state index in [1.54, 1.807) is 0 Å². The third-order valence-electron chi connectivity index (χ3n) is 3.76. The molecule has 1 aliphatic carbocycles. The quantitative estimate of drug-likeness (QED) is 0.797. The lowest BCUT2D eigenvalue weighted by Gasteiger charge is -2.25. The SMILES string of the molecule is CC1CCCC(C(=O)Cc2cc(F)ccc2F)C1. The first-order valence-corrected chi connectivity index (χ1v) is 6.53. The summed E-state index contributed by atoms with van der Waals surface area (Å²) in [6.07, 6.45) is 4.01. The Morgan fingerprint density at radius 1 is 1.33 bits per heavy atom. The number of hydrogen-bond donors (Lipinski definition) is 0. The van der Waals surface area contributed by atoms with Crippen molar-refractivity contribution in [3.63, 3.8) is 0 Å². The van der Waals surface area contributed by atoms with Gasteiger partial charge in [0.2, 0.25) is 0 Å². The van der Waals surface area contributed by atoms with Crippen molar-refractivity contribution < 1.29 is 13.6 Å². The summed E-state index contributed by atoms with van der Waals surface area (Å²) in [5, 5.41) is 0. The van der Waals surface area contributed by atoms with Crippen molar-refractivity contribution in [2.75, 3.05) is 0 Å². The van der Waals surface area contributed by atoms with Gasteiger partial charge >= 0.3 is 0 Å². The monoisotopic (exact) mass is 252 g/mol. The molecule has 0 aliphatic heterocycles. The van der Waals surface area contributed by atoms with Gasteiger partial charge in [0.25, 0.3) is 0 Å². The molecule has 2 atom stereocenters. The minimum Gasteiger partial charge on any atom is -0.299 e. The molecule has 1 aromatic carbocycles. The summed E-state index contributed by atoms with van der Waals surface area (Å²) in [6, 6.07) is 3.28. The van der Waals surface area contributed by atoms with Crippen LogP contribution in [0.1, 0.15) is 38.2 Å². The number of carbonyl (C=O) groups is 1. The summed E-state index contributed by atoms with van der Waals surface area (Å²) < 4.78 is 26.5. The van der Waals surface area contributed by atoms with Crippen LogP contribution in [0.3, 0.4) is 0 Å². The Kier molecular flexibility index (Phi) is 4.10. The Balaban J connectivity index is 2.04. The maximum atomic E-state index is 13.5. The molecule has 3 heteroatoms. The number of rotatable bonds is 3. The number of ketones is 1. The van der Waals surface area contributed by atoms with Gasteiger partial charge in [-0.3, -0.25) is 4.79 Å². The third-order valence-corrected chi connectivity index (χ3v) is 3.76. The molecule has 1 saturated carbocycles. The topological polar surface area (TPSA) is 17.1 Å². The molecule has 0 saturated heterocycles. The fraction of sp³-hybridized carbons (Fsp3) is 0.533. The van der Waals surface area contributed by atoms with Crippen LogP contribution in [-0.2, 0) is 11.2 Å². The van der Waals surface area contributed by atoms with Crippen LogP contribution in [0.25, 0.3) is 0 Å². The highest BCUT2D eigenvalue weighted by Crippen LogP contribution is 2.30. The zero-order chi connectivity index (χ0) is 13.1. The molecule has 1 fully saturated rings. The van der Waals surface area contributed by atoms with E-state index in [-0.39, 0.29) is 23.7 Å². The summed E-state index contributed by atoms with van der Waals surface area (Å²) in [5.41, 5.74) is 0.179. The predicted molar refractivity (Wildman–Crippen MR) is 66.2 cm³/mol. The van der Waals surface area contributed by atoms with Crippen molar-refractivity contribution >= 4 is 5.78 Å². The van der Waals surface area contributed by atoms with Crippen LogP contribution in [0.4, 0.5) is 8.78 Å². The first-order valence-electron chi connectivity index (χ1n) is 6.53. The number of hydrogen-bond acceptors (Lipinski definition) is 1. The van der Waals surface area contributed by atoms with Crippen molar-refractivity contribution in [2.24, 2.45) is 11.8 Å². The molecular weight excluding hydrogens is 234 g/mol. The maximum Gasteiger partial charge on any atom is 0.140 e. The predicted octanol–water partition coefficient (Wildman–Crippen LogP) is 3.90. The van der Waals surface area contributed by atoms with Crippen molar-refractivity contribution in [3.8, 4) is 0 Å². The van der Waals surface area contributed by atoms with E-state index in [1.165, 1.54) is 0 Å². The van der Waals surface area contributed by atoms with E-state index in [4.69, 9.17) is 0 Å². The van der Waals surface area contributed by atoms with Gasteiger partial charge in [-0.2, -0.15) is 0 Å². The summed E-state index contributed by atoms with van der Waals surface area (Å²) in [5.74, 6) is -0.350. The molecule has 1 aromatic rings. The van der Waals surface area contributed by atoms with Crippen LogP contribution in [-0.4, -0.2) is 5.78 Å². The smallest absolute Gasteiger partial charge is 0.140 e. The molecule has 1 aliphatic rings. The van der Waals surface area contributed by atoms with Crippen LogP contribution >= 0.6 is 0 Å². The first-order chi connectivity index (χ1) is 8.56. The van der Waals surface area contributed by atoms with E-state index in [9.17, 15) is 13.6 Å². The van der Waals surface area contributed by atoms with E-state index >= 15 is 0 Å². The van der Waals surface area contributed by atoms with Crippen LogP contribution in [0.2, 0.25) is 0 Å². The Morgan fingerprint density at radius 3 is 2.83 bits per heavy atom. The Morgan fingerprint density at radius 2 is 2.11 bits per heavy atom. The first kappa shape index (κ1) is 13.2. The minimum atomic E-state index is -0.492. The van der Waals surface area contributed by atoms with Gasteiger partial charge in [0.05, 0.1) is 0 Å². The van der Waals surface area contributed by atoms with E-state index < -0.39 is 11.6 Å². The number of carbonyl (C=O) groups excluding carboxylic acids is 1. The summed E-state index contributed by atoms with van der Waals surface area (Å²) >= 11 is 0. The molecule has 1 nitrogen and oxygen atoms in total. The van der Waals surface area contributed by atoms with E-state index in [0.717, 1.165) is 43.9 Å². The van der Waals surface area contributed by atoms with E-state index in [1.807, 2.05) is 0 Å². The van der Waals surface area contributed by atoms with Gasteiger partial charge in [0.1, 0.15) is 17.4 Å². The summed E-state index contributed by atoms with van der Waals surface area (Å²) in [7, 11) is 0. The van der Waals surface area contributed by atoms with Crippen molar-refractivity contribution in [2.45, 2.75) is 39.0 Å². The van der Waals surface area contributed by atoms with Crippen LogP contribution in [0.5, 0.6) is 0 Å². The zero-order valence-corrected chi connectivity index (χ0v) is 10.6. The lowest BCUT2D eigenvalue weighted by Crippen LogP contribution is -2.23. The molecule has 0 bridgehead atoms. The molecule has 2 unspecified atom stereocenters. The van der Waals surface area contributed by atoms with Gasteiger partial charge in [0.15, 0.2) is 0 Å². The molecule has 2 rings (SSSR count). The molecule has 0 amide bonds. The Labute approximate surface area is 106 Å². The van der Waals surface area contributed by atoms with Gasteiger partial charge in [0, 0.05) is 12.3 Å². The third kappa shape index (κ3) is 3.15. The largest absolute Gasteiger partial charge is 0.299 e. The summed E-state index contributed by atoms with van der Waals surface area (Å²) in [4.78, 5) is 12.1. The normalized spacial score (nSPS) is 23.9. The molecule has 0 aromatic heterocycles. The molecular formula is C15H18F2O. The van der Waals surface area contributed by atoms with Gasteiger partial charge in [-0.15, -0.1) is 0 Å². The Hall–Kier alpha value is -1.25. The van der Waals surface area contributed by atoms with Gasteiger partial charge in [-0.05, 0) is 42.5 Å². The highest BCUT2D eigenvalue weighted by Gasteiger charge is 2.25. The highest BCUT2D eigenvalue weighted by molar-refractivity contribution is 5.83. The van der Waals surface area contributed by atoms with Gasteiger partial charge in [-0.1, -0.05) is 19.8 Å². The van der Waals surface area contributed by atoms with E-state index in [0.29, 0.717) is 5.92 Å². The Bertz CT molecular complexity index is 442. The zero-order valence-electron chi connectivity index (χ0n) is 10.6. The molecule has 0 heterocycles. The lowest BCUT2D eigenvalue weighted by atomic mass is 9.79. The molecule has 0 spiro atoms. The average Bonchev–Trinajstić information content (AvgIpc) is 2.34. The molecule has 18 heavy (non-hydrogen) atoms. The van der Waals surface area contributed by atoms with Gasteiger partial charge in [-0.25, -0.2) is 8.78 Å². The molecule has 0 radical (unpaired) electrons. The second-order valence-electron chi connectivity index (χ2n) is 5.35. The van der Waals surface area contributed by atoms with Crippen LogP contribution < -0.4 is 0 Å². The van der Waals surface area contributed by atoms with Crippen molar-refractivity contribution in [1.29, 1.82) is 0 Å². The second-order valence-corrected chi connectivity index (χ2v) is 5.35. The van der Waals surface area contributed by atoms with Crippen LogP contribution in [0, 0.1) is 23.5 Å². The minimum absolute atomic E-state index is 0.0149. The fourth-order valence-electron chi connectivity index (χ4n) is 2.74. The van der Waals surface area contributed by atoms with Crippen molar-refractivity contribution in [1.82, 2.24) is 0 Å². The number of benzene rings is 1. The summed E-state index contributed by atoms with van der Waals surface area (Å²) in [6.45, 7) is 2.14. The highest BCUT2D eigenvalue weighted by atomic mass is 19.1. The van der Waals surface area contributed by atoms with Crippen molar-refractivity contribution in [3.05, 3.63) is 35.4 Å². The number of halogens is 2. The lowest BCUT2D eigenvalue weighted by molar-refractivity contribution is -0.123. The van der Waals surface area contributed by atoms with E-state index in [2.05, 4.69) is 6.92 Å². The standard InChI is InChI=1S/C15H18F2O/c1-10-3-2-4-11(7-10)15(18)9-12-8-13(16)5-6-14(12)17/h5-6,8,10-11H,2-4,7,9H2,1H3. The van der Waals surface area contributed by atoms with Crippen LogP contribution in [0.15, 0.2) is 18.2 Å². The fourth-order valence-corrected chi connectivity index (χ4v) is 2.74. The number of Topliss-reactive ketones (excluding diaryl/α,β-unsaturated/α-hetero) is 1. The molecule has 0 N–H and O–H groups in total. The second kappa shape index (κ2) is 5.59. The molecule has 98 valence electrons.